The zero-order valence-corrected chi connectivity index (χ0v) is 14.5. The second kappa shape index (κ2) is 7.36. The Morgan fingerprint density at radius 2 is 1.93 bits per heavy atom. The molecule has 1 N–H and O–H groups in total. The van der Waals surface area contributed by atoms with Crippen molar-refractivity contribution in [2.75, 3.05) is 0 Å². The number of carbonyl (C=O) groups excluding carboxylic acids is 1. The molecule has 0 fully saturated rings. The van der Waals surface area contributed by atoms with Gasteiger partial charge in [0, 0.05) is 18.0 Å². The van der Waals surface area contributed by atoms with E-state index in [1.807, 2.05) is 0 Å². The third-order valence-electron chi connectivity index (χ3n) is 3.64. The van der Waals surface area contributed by atoms with E-state index in [0.29, 0.717) is 17.5 Å². The summed E-state index contributed by atoms with van der Waals surface area (Å²) < 4.78 is 43.6. The van der Waals surface area contributed by atoms with Gasteiger partial charge in [-0.05, 0) is 37.3 Å². The Labute approximate surface area is 156 Å². The number of alkyl halides is 3. The number of pyridine rings is 1. The second-order valence-corrected chi connectivity index (χ2v) is 5.99. The lowest BCUT2D eigenvalue weighted by Gasteiger charge is -2.13. The van der Waals surface area contributed by atoms with Crippen LogP contribution in [0.5, 0.6) is 0 Å². The Kier molecular flexibility index (Phi) is 5.13. The highest BCUT2D eigenvalue weighted by Gasteiger charge is 2.32. The molecule has 10 heteroatoms. The van der Waals surface area contributed by atoms with Gasteiger partial charge in [0.1, 0.15) is 6.04 Å². The number of hydrogen-bond donors (Lipinski definition) is 1. The van der Waals surface area contributed by atoms with Crippen LogP contribution in [0.1, 0.15) is 34.8 Å². The van der Waals surface area contributed by atoms with Crippen LogP contribution < -0.4 is 5.32 Å². The fraction of sp³-hybridized carbons (Fsp3) is 0.176. The Morgan fingerprint density at radius 3 is 2.59 bits per heavy atom. The number of halogens is 4. The molecule has 6 nitrogen and oxygen atoms in total. The van der Waals surface area contributed by atoms with Gasteiger partial charge in [-0.15, -0.1) is 0 Å². The van der Waals surface area contributed by atoms with Crippen LogP contribution in [0.3, 0.4) is 0 Å². The molecule has 0 bridgehead atoms. The molecule has 2 heterocycles. The van der Waals surface area contributed by atoms with Crippen LogP contribution in [-0.2, 0) is 6.18 Å². The van der Waals surface area contributed by atoms with Crippen molar-refractivity contribution in [2.24, 2.45) is 0 Å². The molecule has 0 aliphatic rings. The minimum absolute atomic E-state index is 0.0956. The molecule has 0 saturated heterocycles. The number of nitrogens with zero attached hydrogens (tertiary/aromatic N) is 3. The van der Waals surface area contributed by atoms with E-state index < -0.39 is 23.7 Å². The zero-order chi connectivity index (χ0) is 19.6. The molecule has 0 aliphatic carbocycles. The highest BCUT2D eigenvalue weighted by molar-refractivity contribution is 6.33. The minimum Gasteiger partial charge on any atom is -0.340 e. The average Bonchev–Trinajstić information content (AvgIpc) is 3.12. The van der Waals surface area contributed by atoms with E-state index in [-0.39, 0.29) is 16.5 Å². The lowest BCUT2D eigenvalue weighted by molar-refractivity contribution is -0.137. The van der Waals surface area contributed by atoms with Crippen molar-refractivity contribution in [1.82, 2.24) is 20.4 Å². The van der Waals surface area contributed by atoms with Crippen LogP contribution in [0.4, 0.5) is 13.2 Å². The largest absolute Gasteiger partial charge is 0.416 e. The fourth-order valence-electron chi connectivity index (χ4n) is 2.24. The summed E-state index contributed by atoms with van der Waals surface area (Å²) in [7, 11) is 0. The van der Waals surface area contributed by atoms with Crippen LogP contribution in [-0.4, -0.2) is 21.0 Å². The van der Waals surface area contributed by atoms with Crippen molar-refractivity contribution in [3.05, 3.63) is 64.8 Å². The van der Waals surface area contributed by atoms with Crippen molar-refractivity contribution < 1.29 is 22.5 Å². The Balaban J connectivity index is 1.78. The van der Waals surface area contributed by atoms with Gasteiger partial charge in [-0.1, -0.05) is 16.8 Å². The molecule has 1 aromatic carbocycles. The van der Waals surface area contributed by atoms with Gasteiger partial charge < -0.3 is 9.84 Å². The van der Waals surface area contributed by atoms with E-state index in [1.165, 1.54) is 0 Å². The summed E-state index contributed by atoms with van der Waals surface area (Å²) in [4.78, 5) is 20.4. The van der Waals surface area contributed by atoms with Crippen molar-refractivity contribution in [3.8, 4) is 11.4 Å². The maximum atomic E-state index is 12.8. The van der Waals surface area contributed by atoms with Crippen LogP contribution in [0.2, 0.25) is 5.02 Å². The van der Waals surface area contributed by atoms with E-state index in [2.05, 4.69) is 20.4 Å². The molecule has 1 atom stereocenters. The maximum absolute atomic E-state index is 12.8. The Hall–Kier alpha value is -2.94. The number of carbonyl (C=O) groups is 1. The van der Waals surface area contributed by atoms with Gasteiger partial charge in [0.25, 0.3) is 5.91 Å². The van der Waals surface area contributed by atoms with E-state index in [0.717, 1.165) is 12.1 Å². The molecule has 3 rings (SSSR count). The third kappa shape index (κ3) is 4.25. The first-order valence-corrected chi connectivity index (χ1v) is 8.05. The number of aromatic nitrogens is 3. The molecule has 2 aromatic heterocycles. The molecule has 0 spiro atoms. The lowest BCUT2D eigenvalue weighted by Crippen LogP contribution is -2.27. The summed E-state index contributed by atoms with van der Waals surface area (Å²) in [5, 5.41) is 6.21. The van der Waals surface area contributed by atoms with Gasteiger partial charge in [0.15, 0.2) is 0 Å². The van der Waals surface area contributed by atoms with E-state index in [1.54, 1.807) is 31.5 Å². The molecule has 27 heavy (non-hydrogen) atoms. The number of rotatable bonds is 4. The molecule has 3 aromatic rings. The van der Waals surface area contributed by atoms with Gasteiger partial charge in [0.2, 0.25) is 11.7 Å². The van der Waals surface area contributed by atoms with Gasteiger partial charge in [-0.3, -0.25) is 9.78 Å². The van der Waals surface area contributed by atoms with E-state index in [4.69, 9.17) is 16.1 Å². The SMILES string of the molecule is CC(NC(=O)c1cc(C(F)(F)F)ccc1Cl)c1nc(-c2ccncc2)no1. The van der Waals surface area contributed by atoms with Gasteiger partial charge >= 0.3 is 6.18 Å². The van der Waals surface area contributed by atoms with Crippen LogP contribution >= 0.6 is 11.6 Å². The van der Waals surface area contributed by atoms with E-state index >= 15 is 0 Å². The van der Waals surface area contributed by atoms with Crippen LogP contribution in [0, 0.1) is 0 Å². The quantitative estimate of drug-likeness (QED) is 0.711. The molecule has 0 radical (unpaired) electrons. The zero-order valence-electron chi connectivity index (χ0n) is 13.8. The minimum atomic E-state index is -4.59. The summed E-state index contributed by atoms with van der Waals surface area (Å²) >= 11 is 5.87. The normalized spacial score (nSPS) is 12.6. The van der Waals surface area contributed by atoms with Gasteiger partial charge in [-0.25, -0.2) is 0 Å². The Bertz CT molecular complexity index is 960. The standard InChI is InChI=1S/C17H12ClF3N4O2/c1-9(16-24-14(25-27-16)10-4-6-22-7-5-10)23-15(26)12-8-11(17(19,20)21)2-3-13(12)18/h2-9H,1H3,(H,23,26). The predicted octanol–water partition coefficient (Wildman–Crippen LogP) is 4.29. The molecule has 1 amide bonds. The second-order valence-electron chi connectivity index (χ2n) is 5.58. The Morgan fingerprint density at radius 1 is 1.22 bits per heavy atom. The molecule has 1 unspecified atom stereocenters. The molecular weight excluding hydrogens is 385 g/mol. The summed E-state index contributed by atoms with van der Waals surface area (Å²) in [6.07, 6.45) is -1.46. The first-order chi connectivity index (χ1) is 12.8. The van der Waals surface area contributed by atoms with Crippen molar-refractivity contribution >= 4 is 17.5 Å². The van der Waals surface area contributed by atoms with Crippen molar-refractivity contribution in [3.63, 3.8) is 0 Å². The van der Waals surface area contributed by atoms with Crippen LogP contribution in [0.25, 0.3) is 11.4 Å². The van der Waals surface area contributed by atoms with Gasteiger partial charge in [0.05, 0.1) is 16.1 Å². The topological polar surface area (TPSA) is 80.9 Å². The van der Waals surface area contributed by atoms with Gasteiger partial charge in [-0.2, -0.15) is 18.2 Å². The first kappa shape index (κ1) is 18.8. The number of benzene rings is 1. The van der Waals surface area contributed by atoms with Crippen molar-refractivity contribution in [2.45, 2.75) is 19.1 Å². The van der Waals surface area contributed by atoms with E-state index in [9.17, 15) is 18.0 Å². The van der Waals surface area contributed by atoms with Crippen LogP contribution in [0.15, 0.2) is 47.2 Å². The summed E-state index contributed by atoms with van der Waals surface area (Å²) in [5.74, 6) is -0.397. The first-order valence-electron chi connectivity index (χ1n) is 7.67. The number of nitrogens with one attached hydrogen (secondary N) is 1. The number of hydrogen-bond acceptors (Lipinski definition) is 5. The van der Waals surface area contributed by atoms with Crippen molar-refractivity contribution in [1.29, 1.82) is 0 Å². The maximum Gasteiger partial charge on any atom is 0.416 e. The summed E-state index contributed by atoms with van der Waals surface area (Å²) in [6.45, 7) is 1.56. The molecule has 0 aliphatic heterocycles. The highest BCUT2D eigenvalue weighted by Crippen LogP contribution is 2.32. The monoisotopic (exact) mass is 396 g/mol. The fourth-order valence-corrected chi connectivity index (χ4v) is 2.44. The third-order valence-corrected chi connectivity index (χ3v) is 3.97. The summed E-state index contributed by atoms with van der Waals surface area (Å²) in [5.41, 5.74) is -0.603. The smallest absolute Gasteiger partial charge is 0.340 e. The highest BCUT2D eigenvalue weighted by atomic mass is 35.5. The number of amides is 1. The molecule has 0 saturated carbocycles. The lowest BCUT2D eigenvalue weighted by atomic mass is 10.1. The average molecular weight is 397 g/mol. The molecular formula is C17H12ClF3N4O2. The predicted molar refractivity (Wildman–Crippen MR) is 89.9 cm³/mol. The summed E-state index contributed by atoms with van der Waals surface area (Å²) in [6, 6.07) is 5.15. The molecule has 140 valence electrons.